The van der Waals surface area contributed by atoms with Crippen LogP contribution in [0.2, 0.25) is 0 Å². The average molecular weight is 501 g/mol. The van der Waals surface area contributed by atoms with Gasteiger partial charge in [0.25, 0.3) is 0 Å². The first kappa shape index (κ1) is 29.7. The Hall–Kier alpha value is 1.67. The standard InChI is InChI=1S/C18H36O4S4Si2/c1-3-19-11-5-7-13-21-17(27)9-15-23-25-26-24-16-10-18(28)22-14-8-6-12-20-4-2/h17-18H,3-16H2,1-2H3. The number of rotatable bonds is 23. The van der Waals surface area contributed by atoms with Gasteiger partial charge in [-0.1, -0.05) is 21.6 Å². The summed E-state index contributed by atoms with van der Waals surface area (Å²) in [6, 6.07) is 0. The molecular formula is C18H36O4S4Si2. The zero-order valence-corrected chi connectivity index (χ0v) is 22.6. The molecule has 4 nitrogen and oxygen atoms in total. The Balaban J connectivity index is 3.23. The second-order valence-corrected chi connectivity index (χ2v) is 13.4. The van der Waals surface area contributed by atoms with E-state index in [2.05, 4.69) is 20.5 Å². The van der Waals surface area contributed by atoms with Gasteiger partial charge >= 0.3 is 0 Å². The molecule has 10 heteroatoms. The topological polar surface area (TPSA) is 36.9 Å². The van der Waals surface area contributed by atoms with Crippen LogP contribution in [0, 0.1) is 0 Å². The van der Waals surface area contributed by atoms with Crippen molar-refractivity contribution in [2.45, 2.75) is 63.8 Å². The van der Waals surface area contributed by atoms with Gasteiger partial charge in [-0.15, -0.1) is 0 Å². The SMILES string of the molecule is CCOCCCCOC([Si])CCSSSSCCC([Si])OCCCCOCC. The van der Waals surface area contributed by atoms with E-state index < -0.39 is 0 Å². The predicted octanol–water partition coefficient (Wildman–Crippen LogP) is 5.10. The smallest absolute Gasteiger partial charge is 0.0657 e. The zero-order chi connectivity index (χ0) is 20.7. The highest BCUT2D eigenvalue weighted by Gasteiger charge is 2.05. The van der Waals surface area contributed by atoms with Gasteiger partial charge in [-0.25, -0.2) is 0 Å². The molecule has 0 aliphatic heterocycles. The van der Waals surface area contributed by atoms with Gasteiger partial charge in [0.2, 0.25) is 0 Å². The van der Waals surface area contributed by atoms with Crippen LogP contribution >= 0.6 is 41.2 Å². The zero-order valence-electron chi connectivity index (χ0n) is 17.3. The Kier molecular flexibility index (Phi) is 26.4. The molecular weight excluding hydrogens is 465 g/mol. The Labute approximate surface area is 194 Å². The first-order chi connectivity index (χ1) is 13.7. The fourth-order valence-electron chi connectivity index (χ4n) is 1.94. The summed E-state index contributed by atoms with van der Waals surface area (Å²) >= 11 is 0. The van der Waals surface area contributed by atoms with Gasteiger partial charge in [-0.05, 0) is 72.0 Å². The molecule has 0 amide bonds. The molecule has 164 valence electrons. The van der Waals surface area contributed by atoms with Crippen LogP contribution in [0.25, 0.3) is 0 Å². The largest absolute Gasteiger partial charge is 0.382 e. The molecule has 2 unspecified atom stereocenters. The highest BCUT2D eigenvalue weighted by Crippen LogP contribution is 2.43. The van der Waals surface area contributed by atoms with Gasteiger partial charge in [0.1, 0.15) is 0 Å². The summed E-state index contributed by atoms with van der Waals surface area (Å²) in [5, 5.41) is 0. The maximum absolute atomic E-state index is 5.75. The Morgan fingerprint density at radius 2 is 1.04 bits per heavy atom. The molecule has 0 bridgehead atoms. The molecule has 0 aliphatic carbocycles. The molecule has 0 aromatic heterocycles. The van der Waals surface area contributed by atoms with E-state index in [0.29, 0.717) is 0 Å². The lowest BCUT2D eigenvalue weighted by atomic mass is 10.3. The minimum Gasteiger partial charge on any atom is -0.382 e. The summed E-state index contributed by atoms with van der Waals surface area (Å²) in [4.78, 5) is 0. The van der Waals surface area contributed by atoms with Crippen LogP contribution in [0.4, 0.5) is 0 Å². The van der Waals surface area contributed by atoms with Crippen LogP contribution in [0.3, 0.4) is 0 Å². The minimum absolute atomic E-state index is 0.150. The molecule has 0 rings (SSSR count). The quantitative estimate of drug-likeness (QED) is 0.109. The molecule has 0 aliphatic rings. The molecule has 0 saturated heterocycles. The molecule has 0 aromatic rings. The van der Waals surface area contributed by atoms with Crippen molar-refractivity contribution in [2.75, 3.05) is 51.1 Å². The Morgan fingerprint density at radius 3 is 1.43 bits per heavy atom. The van der Waals surface area contributed by atoms with Crippen LogP contribution in [0.15, 0.2) is 0 Å². The first-order valence-electron chi connectivity index (χ1n) is 10.1. The van der Waals surface area contributed by atoms with E-state index in [9.17, 15) is 0 Å². The van der Waals surface area contributed by atoms with Crippen LogP contribution in [0.5, 0.6) is 0 Å². The van der Waals surface area contributed by atoms with Crippen molar-refractivity contribution in [3.05, 3.63) is 0 Å². The van der Waals surface area contributed by atoms with E-state index in [0.717, 1.165) is 89.7 Å². The summed E-state index contributed by atoms with van der Waals surface area (Å²) in [5.74, 6) is 2.16. The second-order valence-electron chi connectivity index (χ2n) is 5.88. The third-order valence-electron chi connectivity index (χ3n) is 3.46. The van der Waals surface area contributed by atoms with E-state index in [-0.39, 0.29) is 11.5 Å². The van der Waals surface area contributed by atoms with Crippen LogP contribution in [-0.2, 0) is 18.9 Å². The van der Waals surface area contributed by atoms with Gasteiger partial charge in [-0.2, -0.15) is 0 Å². The number of ether oxygens (including phenoxy) is 4. The number of hydrogen-bond donors (Lipinski definition) is 0. The van der Waals surface area contributed by atoms with E-state index in [1.807, 2.05) is 55.1 Å². The average Bonchev–Trinajstić information content (AvgIpc) is 2.69. The summed E-state index contributed by atoms with van der Waals surface area (Å²) in [6.07, 6.45) is 6.29. The Morgan fingerprint density at radius 1 is 0.643 bits per heavy atom. The van der Waals surface area contributed by atoms with Crippen molar-refractivity contribution in [3.63, 3.8) is 0 Å². The molecule has 2 atom stereocenters. The van der Waals surface area contributed by atoms with Gasteiger partial charge in [0.05, 0.1) is 20.5 Å². The van der Waals surface area contributed by atoms with E-state index in [1.54, 1.807) is 0 Å². The van der Waals surface area contributed by atoms with Gasteiger partial charge in [0, 0.05) is 62.6 Å². The fourth-order valence-corrected chi connectivity index (χ4v) is 8.99. The fraction of sp³-hybridized carbons (Fsp3) is 1.00. The highest BCUT2D eigenvalue weighted by atomic mass is 33.7. The highest BCUT2D eigenvalue weighted by molar-refractivity contribution is 9.26. The Bertz CT molecular complexity index is 283. The molecule has 0 saturated carbocycles. The maximum atomic E-state index is 5.75. The first-order valence-corrected chi connectivity index (χ1v) is 16.4. The van der Waals surface area contributed by atoms with Crippen molar-refractivity contribution in [2.24, 2.45) is 0 Å². The normalized spacial score (nSPS) is 13.7. The minimum atomic E-state index is 0.150. The van der Waals surface area contributed by atoms with E-state index in [4.69, 9.17) is 18.9 Å². The molecule has 28 heavy (non-hydrogen) atoms. The van der Waals surface area contributed by atoms with E-state index >= 15 is 0 Å². The summed E-state index contributed by atoms with van der Waals surface area (Å²) in [6.45, 7) is 8.92. The third-order valence-corrected chi connectivity index (χ3v) is 10.9. The molecule has 6 radical (unpaired) electrons. The molecule has 0 spiro atoms. The monoisotopic (exact) mass is 500 g/mol. The number of hydrogen-bond acceptors (Lipinski definition) is 8. The summed E-state index contributed by atoms with van der Waals surface area (Å²) < 4.78 is 22.1. The van der Waals surface area contributed by atoms with Crippen LogP contribution < -0.4 is 0 Å². The summed E-state index contributed by atoms with van der Waals surface area (Å²) in [7, 11) is 14.8. The van der Waals surface area contributed by atoms with Gasteiger partial charge in [0.15, 0.2) is 0 Å². The predicted molar refractivity (Wildman–Crippen MR) is 132 cm³/mol. The summed E-state index contributed by atoms with van der Waals surface area (Å²) in [5.41, 5.74) is 0.301. The van der Waals surface area contributed by atoms with Crippen molar-refractivity contribution in [1.29, 1.82) is 0 Å². The van der Waals surface area contributed by atoms with Crippen molar-refractivity contribution < 1.29 is 18.9 Å². The molecule has 0 heterocycles. The van der Waals surface area contributed by atoms with Gasteiger partial charge < -0.3 is 18.9 Å². The molecule has 0 N–H and O–H groups in total. The second kappa shape index (κ2) is 24.9. The van der Waals surface area contributed by atoms with Crippen molar-refractivity contribution >= 4 is 61.7 Å². The van der Waals surface area contributed by atoms with Crippen molar-refractivity contribution in [1.82, 2.24) is 0 Å². The maximum Gasteiger partial charge on any atom is 0.0657 e. The third kappa shape index (κ3) is 23.9. The number of unbranched alkanes of at least 4 members (excludes halogenated alkanes) is 2. The van der Waals surface area contributed by atoms with Crippen LogP contribution in [-0.4, -0.2) is 83.1 Å². The molecule has 0 fully saturated rings. The van der Waals surface area contributed by atoms with Crippen LogP contribution in [0.1, 0.15) is 52.4 Å². The molecule has 0 aromatic carbocycles. The lowest BCUT2D eigenvalue weighted by Gasteiger charge is -2.13. The lowest BCUT2D eigenvalue weighted by Crippen LogP contribution is -2.14. The van der Waals surface area contributed by atoms with Crippen molar-refractivity contribution in [3.8, 4) is 0 Å². The van der Waals surface area contributed by atoms with E-state index in [1.165, 1.54) is 0 Å². The van der Waals surface area contributed by atoms with Gasteiger partial charge in [-0.3, -0.25) is 0 Å². The lowest BCUT2D eigenvalue weighted by molar-refractivity contribution is 0.0890.